The summed E-state index contributed by atoms with van der Waals surface area (Å²) in [5, 5.41) is 3.35. The minimum atomic E-state index is -3.79. The molecule has 0 saturated carbocycles. The molecule has 0 aliphatic carbocycles. The molecular weight excluding hydrogens is 433 g/mol. The summed E-state index contributed by atoms with van der Waals surface area (Å²) in [6, 6.07) is 10.8. The van der Waals surface area contributed by atoms with Gasteiger partial charge in [-0.2, -0.15) is 0 Å². The van der Waals surface area contributed by atoms with E-state index in [2.05, 4.69) is 28.8 Å². The van der Waals surface area contributed by atoms with Gasteiger partial charge in [0.05, 0.1) is 21.4 Å². The molecule has 0 spiro atoms. The molecule has 6 nitrogen and oxygen atoms in total. The molecule has 158 valence electrons. The van der Waals surface area contributed by atoms with E-state index in [4.69, 9.17) is 23.2 Å². The van der Waals surface area contributed by atoms with Crippen molar-refractivity contribution in [2.75, 3.05) is 30.9 Å². The fraction of sp³-hybridized carbons (Fsp3) is 0.350. The lowest BCUT2D eigenvalue weighted by Crippen LogP contribution is -2.35. The molecule has 2 N–H and O–H groups in total. The molecule has 9 heteroatoms. The van der Waals surface area contributed by atoms with Gasteiger partial charge in [0.15, 0.2) is 0 Å². The molecule has 0 fully saturated rings. The molecule has 0 aliphatic rings. The average Bonchev–Trinajstić information content (AvgIpc) is 2.68. The summed E-state index contributed by atoms with van der Waals surface area (Å²) in [5.74, 6) is -0.0682. The van der Waals surface area contributed by atoms with E-state index in [0.717, 1.165) is 25.2 Å². The van der Waals surface area contributed by atoms with Crippen molar-refractivity contribution in [3.8, 4) is 0 Å². The highest BCUT2D eigenvalue weighted by Crippen LogP contribution is 2.26. The molecule has 0 aromatic heterocycles. The monoisotopic (exact) mass is 457 g/mol. The van der Waals surface area contributed by atoms with Crippen LogP contribution in [-0.2, 0) is 21.2 Å². The first-order valence-corrected chi connectivity index (χ1v) is 11.5. The standard InChI is InChI=1S/C20H25Cl2N3O3S/c1-3-25(4-2)12-11-23-20(26)13-15-5-7-16(8-6-15)24-29(27,28)17-9-10-18(21)19(22)14-17/h5-10,14,24H,3-4,11-13H2,1-2H3,(H,23,26). The second-order valence-corrected chi connectivity index (χ2v) is 8.93. The number of benzene rings is 2. The van der Waals surface area contributed by atoms with Crippen LogP contribution in [0.15, 0.2) is 47.4 Å². The third-order valence-electron chi connectivity index (χ3n) is 4.42. The first-order valence-electron chi connectivity index (χ1n) is 9.31. The SMILES string of the molecule is CCN(CC)CCNC(=O)Cc1ccc(NS(=O)(=O)c2ccc(Cl)c(Cl)c2)cc1. The lowest BCUT2D eigenvalue weighted by Gasteiger charge is -2.17. The number of nitrogens with one attached hydrogen (secondary N) is 2. The van der Waals surface area contributed by atoms with Gasteiger partial charge in [-0.15, -0.1) is 0 Å². The maximum Gasteiger partial charge on any atom is 0.261 e. The van der Waals surface area contributed by atoms with Gasteiger partial charge in [-0.3, -0.25) is 9.52 Å². The maximum absolute atomic E-state index is 12.5. The Morgan fingerprint density at radius 1 is 1.00 bits per heavy atom. The van der Waals surface area contributed by atoms with Crippen molar-refractivity contribution >= 4 is 44.8 Å². The molecule has 0 radical (unpaired) electrons. The Morgan fingerprint density at radius 3 is 2.24 bits per heavy atom. The number of hydrogen-bond donors (Lipinski definition) is 2. The van der Waals surface area contributed by atoms with Crippen LogP contribution < -0.4 is 10.0 Å². The molecule has 2 rings (SSSR count). The number of carbonyl (C=O) groups is 1. The van der Waals surface area contributed by atoms with Crippen molar-refractivity contribution in [2.45, 2.75) is 25.2 Å². The second-order valence-electron chi connectivity index (χ2n) is 6.43. The summed E-state index contributed by atoms with van der Waals surface area (Å²) in [7, 11) is -3.79. The number of halogens is 2. The van der Waals surface area contributed by atoms with E-state index >= 15 is 0 Å². The van der Waals surface area contributed by atoms with Crippen LogP contribution in [0.5, 0.6) is 0 Å². The van der Waals surface area contributed by atoms with Crippen LogP contribution in [0, 0.1) is 0 Å². The second kappa shape index (κ2) is 10.8. The van der Waals surface area contributed by atoms with E-state index in [1.54, 1.807) is 24.3 Å². The number of sulfonamides is 1. The molecule has 0 heterocycles. The molecule has 0 unspecified atom stereocenters. The average molecular weight is 458 g/mol. The first kappa shape index (κ1) is 23.5. The summed E-state index contributed by atoms with van der Waals surface area (Å²) >= 11 is 11.7. The van der Waals surface area contributed by atoms with Gasteiger partial charge >= 0.3 is 0 Å². The first-order chi connectivity index (χ1) is 13.7. The van der Waals surface area contributed by atoms with Crippen molar-refractivity contribution in [2.24, 2.45) is 0 Å². The zero-order valence-electron chi connectivity index (χ0n) is 16.4. The lowest BCUT2D eigenvalue weighted by atomic mass is 10.1. The molecule has 0 aliphatic heterocycles. The van der Waals surface area contributed by atoms with Gasteiger partial charge in [-0.1, -0.05) is 49.2 Å². The van der Waals surface area contributed by atoms with Crippen LogP contribution >= 0.6 is 23.2 Å². The summed E-state index contributed by atoms with van der Waals surface area (Å²) in [6.07, 6.45) is 0.234. The van der Waals surface area contributed by atoms with Crippen molar-refractivity contribution in [1.29, 1.82) is 0 Å². The predicted octanol–water partition coefficient (Wildman–Crippen LogP) is 3.79. The van der Waals surface area contributed by atoms with Crippen LogP contribution in [-0.4, -0.2) is 45.4 Å². The van der Waals surface area contributed by atoms with E-state index in [1.165, 1.54) is 18.2 Å². The van der Waals surface area contributed by atoms with Crippen LogP contribution in [0.2, 0.25) is 10.0 Å². The van der Waals surface area contributed by atoms with Gasteiger partial charge in [-0.05, 0) is 49.0 Å². The third-order valence-corrected chi connectivity index (χ3v) is 6.53. The van der Waals surface area contributed by atoms with Crippen LogP contribution in [0.1, 0.15) is 19.4 Å². The van der Waals surface area contributed by atoms with Crippen molar-refractivity contribution < 1.29 is 13.2 Å². The number of amides is 1. The van der Waals surface area contributed by atoms with Crippen molar-refractivity contribution in [3.63, 3.8) is 0 Å². The van der Waals surface area contributed by atoms with Gasteiger partial charge in [0.1, 0.15) is 0 Å². The summed E-state index contributed by atoms with van der Waals surface area (Å²) in [4.78, 5) is 14.3. The molecule has 1 amide bonds. The largest absolute Gasteiger partial charge is 0.355 e. The number of hydrogen-bond acceptors (Lipinski definition) is 4. The Bertz CT molecular complexity index is 930. The quantitative estimate of drug-likeness (QED) is 0.568. The van der Waals surface area contributed by atoms with Crippen LogP contribution in [0.4, 0.5) is 5.69 Å². The number of nitrogens with zero attached hydrogens (tertiary/aromatic N) is 1. The number of rotatable bonds is 10. The predicted molar refractivity (Wildman–Crippen MR) is 118 cm³/mol. The maximum atomic E-state index is 12.5. The highest BCUT2D eigenvalue weighted by molar-refractivity contribution is 7.92. The van der Waals surface area contributed by atoms with E-state index in [-0.39, 0.29) is 27.3 Å². The van der Waals surface area contributed by atoms with E-state index in [1.807, 2.05) is 0 Å². The van der Waals surface area contributed by atoms with E-state index < -0.39 is 10.0 Å². The summed E-state index contributed by atoms with van der Waals surface area (Å²) < 4.78 is 27.4. The number of likely N-dealkylation sites (N-methyl/N-ethyl adjacent to an activating group) is 1. The Labute approximate surface area is 182 Å². The fourth-order valence-corrected chi connectivity index (χ4v) is 4.14. The number of anilines is 1. The Balaban J connectivity index is 1.92. The van der Waals surface area contributed by atoms with E-state index in [0.29, 0.717) is 12.2 Å². The van der Waals surface area contributed by atoms with Gasteiger partial charge in [-0.25, -0.2) is 8.42 Å². The van der Waals surface area contributed by atoms with E-state index in [9.17, 15) is 13.2 Å². The third kappa shape index (κ3) is 7.19. The van der Waals surface area contributed by atoms with Crippen molar-refractivity contribution in [1.82, 2.24) is 10.2 Å². The Kier molecular flexibility index (Phi) is 8.77. The summed E-state index contributed by atoms with van der Waals surface area (Å²) in [6.45, 7) is 7.49. The Hall–Kier alpha value is -1.80. The van der Waals surface area contributed by atoms with Crippen LogP contribution in [0.25, 0.3) is 0 Å². The zero-order valence-corrected chi connectivity index (χ0v) is 18.7. The summed E-state index contributed by atoms with van der Waals surface area (Å²) in [5.41, 5.74) is 1.18. The van der Waals surface area contributed by atoms with Gasteiger partial charge < -0.3 is 10.2 Å². The van der Waals surface area contributed by atoms with Crippen molar-refractivity contribution in [3.05, 3.63) is 58.1 Å². The molecule has 2 aromatic carbocycles. The topological polar surface area (TPSA) is 78.5 Å². The Morgan fingerprint density at radius 2 is 1.66 bits per heavy atom. The minimum Gasteiger partial charge on any atom is -0.355 e. The molecular formula is C20H25Cl2N3O3S. The normalized spacial score (nSPS) is 11.5. The lowest BCUT2D eigenvalue weighted by molar-refractivity contribution is -0.120. The zero-order chi connectivity index (χ0) is 21.4. The van der Waals surface area contributed by atoms with Gasteiger partial charge in [0, 0.05) is 18.8 Å². The number of carbonyl (C=O) groups excluding carboxylic acids is 1. The van der Waals surface area contributed by atoms with Gasteiger partial charge in [0.25, 0.3) is 10.0 Å². The highest BCUT2D eigenvalue weighted by Gasteiger charge is 2.16. The molecule has 0 atom stereocenters. The highest BCUT2D eigenvalue weighted by atomic mass is 35.5. The minimum absolute atomic E-state index is 0.0172. The fourth-order valence-electron chi connectivity index (χ4n) is 2.69. The molecule has 2 aromatic rings. The van der Waals surface area contributed by atoms with Gasteiger partial charge in [0.2, 0.25) is 5.91 Å². The molecule has 0 bridgehead atoms. The van der Waals surface area contributed by atoms with Crippen LogP contribution in [0.3, 0.4) is 0 Å². The smallest absolute Gasteiger partial charge is 0.261 e. The molecule has 29 heavy (non-hydrogen) atoms. The molecule has 0 saturated heterocycles.